The van der Waals surface area contributed by atoms with E-state index in [0.717, 1.165) is 43.6 Å². The lowest BCUT2D eigenvalue weighted by atomic mass is 9.98. The van der Waals surface area contributed by atoms with Crippen molar-refractivity contribution < 1.29 is 9.59 Å². The molecule has 2 unspecified atom stereocenters. The monoisotopic (exact) mass is 445 g/mol. The molecule has 0 aliphatic carbocycles. The normalized spacial score (nSPS) is 21.1. The van der Waals surface area contributed by atoms with Gasteiger partial charge in [0.2, 0.25) is 5.91 Å². The van der Waals surface area contributed by atoms with Crippen LogP contribution in [0.5, 0.6) is 0 Å². The Morgan fingerprint density at radius 1 is 1.09 bits per heavy atom. The van der Waals surface area contributed by atoms with Crippen molar-refractivity contribution in [1.82, 2.24) is 14.4 Å². The van der Waals surface area contributed by atoms with Gasteiger partial charge in [-0.1, -0.05) is 30.3 Å². The van der Waals surface area contributed by atoms with Gasteiger partial charge in [-0.2, -0.15) is 0 Å². The molecule has 3 aromatic rings. The third kappa shape index (κ3) is 4.33. The number of nitrogens with two attached hydrogens (primary N) is 1. The first kappa shape index (κ1) is 21.5. The molecule has 2 aliphatic rings. The molecular weight excluding hydrogens is 414 g/mol. The van der Waals surface area contributed by atoms with Gasteiger partial charge in [0.05, 0.1) is 6.04 Å². The topological polar surface area (TPSA) is 83.6 Å². The first-order valence-corrected chi connectivity index (χ1v) is 11.7. The number of fused-ring (bicyclic) bond motifs is 1. The highest BCUT2D eigenvalue weighted by Crippen LogP contribution is 2.33. The second-order valence-corrected chi connectivity index (χ2v) is 9.31. The van der Waals surface area contributed by atoms with E-state index in [1.54, 1.807) is 0 Å². The van der Waals surface area contributed by atoms with E-state index in [4.69, 9.17) is 5.73 Å². The summed E-state index contributed by atoms with van der Waals surface area (Å²) in [5, 5.41) is 4.34. The molecule has 172 valence electrons. The fourth-order valence-corrected chi connectivity index (χ4v) is 5.42. The SMILES string of the molecule is Cn1cc(C2CCN(C(=O)Nc3cccc(CN4CCCC4C(N)=O)c3)C2)c2ccccc21. The lowest BCUT2D eigenvalue weighted by Crippen LogP contribution is -2.39. The molecular formula is C26H31N5O2. The number of nitrogens with one attached hydrogen (secondary N) is 1. The zero-order chi connectivity index (χ0) is 22.9. The molecule has 3 heterocycles. The van der Waals surface area contributed by atoms with Crippen molar-refractivity contribution in [2.75, 3.05) is 25.0 Å². The number of benzene rings is 2. The number of para-hydroxylation sites is 1. The van der Waals surface area contributed by atoms with E-state index >= 15 is 0 Å². The quantitative estimate of drug-likeness (QED) is 0.629. The Morgan fingerprint density at radius 2 is 1.94 bits per heavy atom. The smallest absolute Gasteiger partial charge is 0.321 e. The summed E-state index contributed by atoms with van der Waals surface area (Å²) in [6.07, 6.45) is 4.97. The van der Waals surface area contributed by atoms with Gasteiger partial charge >= 0.3 is 6.03 Å². The minimum absolute atomic E-state index is 0.0638. The number of urea groups is 1. The maximum atomic E-state index is 13.0. The van der Waals surface area contributed by atoms with Gasteiger partial charge in [0.1, 0.15) is 0 Å². The number of amides is 3. The number of anilines is 1. The molecule has 7 nitrogen and oxygen atoms in total. The molecule has 0 saturated carbocycles. The van der Waals surface area contributed by atoms with Crippen LogP contribution in [0.3, 0.4) is 0 Å². The minimum Gasteiger partial charge on any atom is -0.368 e. The lowest BCUT2D eigenvalue weighted by Gasteiger charge is -2.22. The van der Waals surface area contributed by atoms with Gasteiger partial charge < -0.3 is 20.5 Å². The molecule has 0 bridgehead atoms. The van der Waals surface area contributed by atoms with Gasteiger partial charge in [0.15, 0.2) is 0 Å². The zero-order valence-corrected chi connectivity index (χ0v) is 19.0. The van der Waals surface area contributed by atoms with E-state index < -0.39 is 0 Å². The first-order chi connectivity index (χ1) is 16.0. The average molecular weight is 446 g/mol. The summed E-state index contributed by atoms with van der Waals surface area (Å²) in [6.45, 7) is 2.98. The van der Waals surface area contributed by atoms with Crippen molar-refractivity contribution in [3.05, 3.63) is 65.9 Å². The number of hydrogen-bond acceptors (Lipinski definition) is 3. The second-order valence-electron chi connectivity index (χ2n) is 9.31. The van der Waals surface area contributed by atoms with Crippen LogP contribution in [0.1, 0.15) is 36.3 Å². The van der Waals surface area contributed by atoms with Crippen LogP contribution in [-0.4, -0.2) is 52.0 Å². The number of aromatic nitrogens is 1. The Morgan fingerprint density at radius 3 is 2.79 bits per heavy atom. The molecule has 0 radical (unpaired) electrons. The summed E-state index contributed by atoms with van der Waals surface area (Å²) >= 11 is 0. The molecule has 0 spiro atoms. The second kappa shape index (κ2) is 8.90. The van der Waals surface area contributed by atoms with Crippen molar-refractivity contribution in [1.29, 1.82) is 0 Å². The number of carbonyl (C=O) groups excluding carboxylic acids is 2. The number of likely N-dealkylation sites (tertiary alicyclic amines) is 2. The minimum atomic E-state index is -0.258. The van der Waals surface area contributed by atoms with E-state index in [-0.39, 0.29) is 18.0 Å². The summed E-state index contributed by atoms with van der Waals surface area (Å²) in [7, 11) is 2.08. The molecule has 3 N–H and O–H groups in total. The molecule has 2 aliphatic heterocycles. The van der Waals surface area contributed by atoms with Crippen molar-refractivity contribution >= 4 is 28.5 Å². The Labute approximate surface area is 194 Å². The van der Waals surface area contributed by atoms with E-state index in [1.165, 1.54) is 16.5 Å². The summed E-state index contributed by atoms with van der Waals surface area (Å²) < 4.78 is 2.17. The third-order valence-corrected chi connectivity index (χ3v) is 7.10. The highest BCUT2D eigenvalue weighted by molar-refractivity contribution is 5.90. The summed E-state index contributed by atoms with van der Waals surface area (Å²) in [4.78, 5) is 28.7. The maximum Gasteiger partial charge on any atom is 0.321 e. The highest BCUT2D eigenvalue weighted by atomic mass is 16.2. The molecule has 2 fully saturated rings. The number of primary amides is 1. The van der Waals surface area contributed by atoms with Gasteiger partial charge in [-0.25, -0.2) is 4.79 Å². The predicted octanol–water partition coefficient (Wildman–Crippen LogP) is 3.65. The lowest BCUT2D eigenvalue weighted by molar-refractivity contribution is -0.122. The number of rotatable bonds is 5. The van der Waals surface area contributed by atoms with E-state index in [9.17, 15) is 9.59 Å². The Kier molecular flexibility index (Phi) is 5.81. The number of nitrogens with zero attached hydrogens (tertiary/aromatic N) is 3. The summed E-state index contributed by atoms with van der Waals surface area (Å²) in [5.74, 6) is 0.0841. The van der Waals surface area contributed by atoms with Crippen LogP contribution in [0.25, 0.3) is 10.9 Å². The number of carbonyl (C=O) groups is 2. The molecule has 5 rings (SSSR count). The standard InChI is InChI=1S/C26H31N5O2/c1-29-17-22(21-8-2-3-9-23(21)29)19-11-13-31(16-19)26(33)28-20-7-4-6-18(14-20)15-30-12-5-10-24(30)25(27)32/h2-4,6-9,14,17,19,24H,5,10-13,15-16H2,1H3,(H2,27,32)(H,28,33). The zero-order valence-electron chi connectivity index (χ0n) is 19.0. The van der Waals surface area contributed by atoms with E-state index in [1.807, 2.05) is 29.2 Å². The van der Waals surface area contributed by atoms with E-state index in [2.05, 4.69) is 52.3 Å². The van der Waals surface area contributed by atoms with Crippen LogP contribution in [0.2, 0.25) is 0 Å². The molecule has 1 aromatic heterocycles. The summed E-state index contributed by atoms with van der Waals surface area (Å²) in [6, 6.07) is 16.1. The van der Waals surface area contributed by atoms with E-state index in [0.29, 0.717) is 19.0 Å². The van der Waals surface area contributed by atoms with Crippen molar-refractivity contribution in [2.45, 2.75) is 37.8 Å². The largest absolute Gasteiger partial charge is 0.368 e. The van der Waals surface area contributed by atoms with Gasteiger partial charge in [0, 0.05) is 55.4 Å². The van der Waals surface area contributed by atoms with Crippen LogP contribution in [0.4, 0.5) is 10.5 Å². The maximum absolute atomic E-state index is 13.0. The van der Waals surface area contributed by atoms with Crippen molar-refractivity contribution in [3.8, 4) is 0 Å². The first-order valence-electron chi connectivity index (χ1n) is 11.7. The fourth-order valence-electron chi connectivity index (χ4n) is 5.42. The van der Waals surface area contributed by atoms with Gasteiger partial charge in [-0.15, -0.1) is 0 Å². The van der Waals surface area contributed by atoms with Crippen LogP contribution in [0, 0.1) is 0 Å². The molecule has 33 heavy (non-hydrogen) atoms. The Hall–Kier alpha value is -3.32. The van der Waals surface area contributed by atoms with Crippen LogP contribution in [-0.2, 0) is 18.4 Å². The van der Waals surface area contributed by atoms with Gasteiger partial charge in [-0.05, 0) is 55.1 Å². The Bertz CT molecular complexity index is 1190. The van der Waals surface area contributed by atoms with Crippen molar-refractivity contribution in [2.24, 2.45) is 12.8 Å². The van der Waals surface area contributed by atoms with Crippen molar-refractivity contribution in [3.63, 3.8) is 0 Å². The summed E-state index contributed by atoms with van der Waals surface area (Å²) in [5.41, 5.74) is 9.94. The number of aryl methyl sites for hydroxylation is 1. The molecule has 7 heteroatoms. The average Bonchev–Trinajstić information content (AvgIpc) is 3.53. The van der Waals surface area contributed by atoms with Crippen LogP contribution >= 0.6 is 0 Å². The number of hydrogen-bond donors (Lipinski definition) is 2. The van der Waals surface area contributed by atoms with Gasteiger partial charge in [-0.3, -0.25) is 9.69 Å². The molecule has 2 saturated heterocycles. The van der Waals surface area contributed by atoms with Crippen LogP contribution < -0.4 is 11.1 Å². The third-order valence-electron chi connectivity index (χ3n) is 7.10. The van der Waals surface area contributed by atoms with Crippen LogP contribution in [0.15, 0.2) is 54.7 Å². The molecule has 3 amide bonds. The molecule has 2 atom stereocenters. The van der Waals surface area contributed by atoms with Gasteiger partial charge in [0.25, 0.3) is 0 Å². The highest BCUT2D eigenvalue weighted by Gasteiger charge is 2.30. The predicted molar refractivity (Wildman–Crippen MR) is 130 cm³/mol. The Balaban J connectivity index is 1.23. The fraction of sp³-hybridized carbons (Fsp3) is 0.385. The molecule has 2 aromatic carbocycles.